The van der Waals surface area contributed by atoms with Crippen molar-refractivity contribution in [3.05, 3.63) is 29.0 Å². The topological polar surface area (TPSA) is 24.9 Å². The van der Waals surface area contributed by atoms with Crippen LogP contribution in [0.25, 0.3) is 0 Å². The minimum atomic E-state index is -0.120. The molecule has 0 amide bonds. The maximum atomic E-state index is 5.77. The van der Waals surface area contributed by atoms with Gasteiger partial charge in [0.1, 0.15) is 5.15 Å². The van der Waals surface area contributed by atoms with Crippen LogP contribution in [0.1, 0.15) is 19.5 Å². The molecule has 66 valence electrons. The lowest BCUT2D eigenvalue weighted by molar-refractivity contribution is 0.431. The fourth-order valence-electron chi connectivity index (χ4n) is 0.884. The summed E-state index contributed by atoms with van der Waals surface area (Å²) in [6, 6.07) is 5.64. The number of nitrogens with one attached hydrogen (secondary N) is 1. The van der Waals surface area contributed by atoms with Crippen LogP contribution in [0, 0.1) is 0 Å². The van der Waals surface area contributed by atoms with Crippen LogP contribution in [0.4, 0.5) is 0 Å². The molecule has 0 spiro atoms. The van der Waals surface area contributed by atoms with Gasteiger partial charge in [-0.15, -0.1) is 0 Å². The zero-order valence-corrected chi connectivity index (χ0v) is 8.31. The Morgan fingerprint density at radius 1 is 1.42 bits per heavy atom. The summed E-state index contributed by atoms with van der Waals surface area (Å²) in [5.41, 5.74) is 0.836. The number of rotatable bonds is 2. The molecule has 0 saturated carbocycles. The van der Waals surface area contributed by atoms with Gasteiger partial charge in [0, 0.05) is 0 Å². The molecule has 0 fully saturated rings. The third-order valence-corrected chi connectivity index (χ3v) is 2.19. The zero-order valence-electron chi connectivity index (χ0n) is 7.56. The van der Waals surface area contributed by atoms with E-state index in [1.165, 1.54) is 0 Å². The van der Waals surface area contributed by atoms with Crippen molar-refractivity contribution >= 4 is 11.6 Å². The van der Waals surface area contributed by atoms with Gasteiger partial charge in [0.2, 0.25) is 0 Å². The molecular weight excluding hydrogens is 172 g/mol. The summed E-state index contributed by atoms with van der Waals surface area (Å²) in [6.07, 6.45) is 0. The van der Waals surface area contributed by atoms with Crippen LogP contribution in [0.3, 0.4) is 0 Å². The molecule has 0 aliphatic heterocycles. The highest BCUT2D eigenvalue weighted by Gasteiger charge is 2.18. The predicted octanol–water partition coefficient (Wildman–Crippen LogP) is 2.19. The highest BCUT2D eigenvalue weighted by molar-refractivity contribution is 6.29. The Labute approximate surface area is 78.0 Å². The Kier molecular flexibility index (Phi) is 2.70. The van der Waals surface area contributed by atoms with Crippen LogP contribution in [-0.2, 0) is 5.54 Å². The SMILES string of the molecule is CNC(C)(C)c1cccc(Cl)n1. The molecule has 1 heterocycles. The number of halogens is 1. The molecule has 1 N–H and O–H groups in total. The fourth-order valence-corrected chi connectivity index (χ4v) is 1.05. The van der Waals surface area contributed by atoms with Crippen molar-refractivity contribution in [1.29, 1.82) is 0 Å². The standard InChI is InChI=1S/C9H13ClN2/c1-9(2,11-3)7-5-4-6-8(10)12-7/h4-6,11H,1-3H3. The van der Waals surface area contributed by atoms with E-state index in [0.29, 0.717) is 5.15 Å². The molecule has 0 aliphatic rings. The average molecular weight is 185 g/mol. The van der Waals surface area contributed by atoms with Crippen molar-refractivity contribution in [3.8, 4) is 0 Å². The van der Waals surface area contributed by atoms with Crippen LogP contribution in [-0.4, -0.2) is 12.0 Å². The summed E-state index contributed by atoms with van der Waals surface area (Å²) in [5.74, 6) is 0. The van der Waals surface area contributed by atoms with Gasteiger partial charge in [-0.2, -0.15) is 0 Å². The summed E-state index contributed by atoms with van der Waals surface area (Å²) in [7, 11) is 1.91. The maximum Gasteiger partial charge on any atom is 0.129 e. The maximum absolute atomic E-state index is 5.77. The minimum absolute atomic E-state index is 0.120. The largest absolute Gasteiger partial charge is 0.310 e. The summed E-state index contributed by atoms with van der Waals surface area (Å²) in [5, 5.41) is 3.70. The second-order valence-electron chi connectivity index (χ2n) is 3.22. The summed E-state index contributed by atoms with van der Waals surface area (Å²) in [6.45, 7) is 4.12. The second kappa shape index (κ2) is 3.42. The highest BCUT2D eigenvalue weighted by Crippen LogP contribution is 2.18. The Morgan fingerprint density at radius 3 is 2.58 bits per heavy atom. The van der Waals surface area contributed by atoms with Gasteiger partial charge in [-0.1, -0.05) is 17.7 Å². The van der Waals surface area contributed by atoms with Crippen LogP contribution < -0.4 is 5.32 Å². The lowest BCUT2D eigenvalue weighted by atomic mass is 10.0. The lowest BCUT2D eigenvalue weighted by Gasteiger charge is -2.23. The van der Waals surface area contributed by atoms with Crippen molar-refractivity contribution in [2.45, 2.75) is 19.4 Å². The van der Waals surface area contributed by atoms with Gasteiger partial charge in [-0.25, -0.2) is 4.98 Å². The zero-order chi connectivity index (χ0) is 9.19. The molecular formula is C9H13ClN2. The first-order valence-electron chi connectivity index (χ1n) is 3.88. The van der Waals surface area contributed by atoms with E-state index in [0.717, 1.165) is 5.69 Å². The summed E-state index contributed by atoms with van der Waals surface area (Å²) < 4.78 is 0. The quantitative estimate of drug-likeness (QED) is 0.713. The van der Waals surface area contributed by atoms with E-state index in [4.69, 9.17) is 11.6 Å². The van der Waals surface area contributed by atoms with Crippen molar-refractivity contribution in [2.75, 3.05) is 7.05 Å². The highest BCUT2D eigenvalue weighted by atomic mass is 35.5. The van der Waals surface area contributed by atoms with Crippen molar-refractivity contribution in [1.82, 2.24) is 10.3 Å². The summed E-state index contributed by atoms with van der Waals surface area (Å²) >= 11 is 5.77. The number of hydrogen-bond donors (Lipinski definition) is 1. The molecule has 3 heteroatoms. The van der Waals surface area contributed by atoms with Gasteiger partial charge in [0.15, 0.2) is 0 Å². The van der Waals surface area contributed by atoms with Crippen LogP contribution in [0.2, 0.25) is 5.15 Å². The van der Waals surface area contributed by atoms with E-state index in [2.05, 4.69) is 24.1 Å². The smallest absolute Gasteiger partial charge is 0.129 e. The molecule has 0 unspecified atom stereocenters. The van der Waals surface area contributed by atoms with Gasteiger partial charge in [0.25, 0.3) is 0 Å². The number of aromatic nitrogens is 1. The Bertz CT molecular complexity index is 271. The molecule has 0 radical (unpaired) electrons. The molecule has 0 saturated heterocycles. The minimum Gasteiger partial charge on any atom is -0.310 e. The molecule has 0 bridgehead atoms. The van der Waals surface area contributed by atoms with Crippen molar-refractivity contribution in [2.24, 2.45) is 0 Å². The fraction of sp³-hybridized carbons (Fsp3) is 0.444. The van der Waals surface area contributed by atoms with E-state index < -0.39 is 0 Å². The molecule has 0 atom stereocenters. The Balaban J connectivity index is 3.03. The van der Waals surface area contributed by atoms with E-state index in [-0.39, 0.29) is 5.54 Å². The van der Waals surface area contributed by atoms with Gasteiger partial charge < -0.3 is 5.32 Å². The summed E-state index contributed by atoms with van der Waals surface area (Å²) in [4.78, 5) is 4.22. The molecule has 2 nitrogen and oxygen atoms in total. The van der Waals surface area contributed by atoms with Gasteiger partial charge in [-0.3, -0.25) is 0 Å². The van der Waals surface area contributed by atoms with Crippen molar-refractivity contribution < 1.29 is 0 Å². The molecule has 12 heavy (non-hydrogen) atoms. The van der Waals surface area contributed by atoms with Gasteiger partial charge in [0.05, 0.1) is 11.2 Å². The number of nitrogens with zero attached hydrogens (tertiary/aromatic N) is 1. The third-order valence-electron chi connectivity index (χ3n) is 1.98. The lowest BCUT2D eigenvalue weighted by Crippen LogP contribution is -2.34. The van der Waals surface area contributed by atoms with Gasteiger partial charge >= 0.3 is 0 Å². The van der Waals surface area contributed by atoms with E-state index in [9.17, 15) is 0 Å². The monoisotopic (exact) mass is 184 g/mol. The number of hydrogen-bond acceptors (Lipinski definition) is 2. The molecule has 1 aromatic heterocycles. The van der Waals surface area contributed by atoms with E-state index >= 15 is 0 Å². The molecule has 1 aromatic rings. The first-order valence-corrected chi connectivity index (χ1v) is 4.26. The Hall–Kier alpha value is -0.600. The van der Waals surface area contributed by atoms with Crippen LogP contribution in [0.15, 0.2) is 18.2 Å². The van der Waals surface area contributed by atoms with Crippen LogP contribution in [0.5, 0.6) is 0 Å². The van der Waals surface area contributed by atoms with E-state index in [1.54, 1.807) is 6.07 Å². The predicted molar refractivity (Wildman–Crippen MR) is 51.3 cm³/mol. The van der Waals surface area contributed by atoms with Crippen molar-refractivity contribution in [3.63, 3.8) is 0 Å². The Morgan fingerprint density at radius 2 is 2.08 bits per heavy atom. The first kappa shape index (κ1) is 9.49. The number of pyridine rings is 1. The van der Waals surface area contributed by atoms with E-state index in [1.807, 2.05) is 19.2 Å². The van der Waals surface area contributed by atoms with Gasteiger partial charge in [-0.05, 0) is 33.0 Å². The normalized spacial score (nSPS) is 11.7. The first-order chi connectivity index (χ1) is 5.56. The second-order valence-corrected chi connectivity index (χ2v) is 3.61. The molecule has 0 aliphatic carbocycles. The van der Waals surface area contributed by atoms with Crippen LogP contribution >= 0.6 is 11.6 Å². The third kappa shape index (κ3) is 1.96. The average Bonchev–Trinajstić information content (AvgIpc) is 2.05. The molecule has 0 aromatic carbocycles. The molecule has 1 rings (SSSR count).